The average Bonchev–Trinajstić information content (AvgIpc) is 2.78. The monoisotopic (exact) mass is 254 g/mol. The maximum absolute atomic E-state index is 12.4. The Morgan fingerprint density at radius 2 is 2.47 bits per heavy atom. The molecular weight excluding hydrogens is 236 g/mol. The van der Waals surface area contributed by atoms with Crippen molar-refractivity contribution >= 4 is 17.4 Å². The molecule has 1 aliphatic rings. The second-order valence-corrected chi connectivity index (χ2v) is 5.10. The summed E-state index contributed by atoms with van der Waals surface area (Å²) in [5.41, 5.74) is 0.855. The summed E-state index contributed by atoms with van der Waals surface area (Å²) in [7, 11) is 0. The van der Waals surface area contributed by atoms with E-state index in [2.05, 4.69) is 28.8 Å². The lowest BCUT2D eigenvalue weighted by molar-refractivity contribution is 0.0659. The summed E-state index contributed by atoms with van der Waals surface area (Å²) in [5.74, 6) is 0.0949. The fourth-order valence-electron chi connectivity index (χ4n) is 2.04. The van der Waals surface area contributed by atoms with Crippen molar-refractivity contribution in [1.29, 1.82) is 0 Å². The van der Waals surface area contributed by atoms with E-state index in [0.717, 1.165) is 43.0 Å². The number of aryl methyl sites for hydroxylation is 1. The van der Waals surface area contributed by atoms with Crippen LogP contribution in [0.25, 0.3) is 0 Å². The van der Waals surface area contributed by atoms with Crippen molar-refractivity contribution in [3.63, 3.8) is 0 Å². The van der Waals surface area contributed by atoms with Gasteiger partial charge in [-0.3, -0.25) is 4.79 Å². The number of hydrogen-bond donors (Lipinski definition) is 1. The first-order valence-electron chi connectivity index (χ1n) is 6.07. The molecule has 1 saturated heterocycles. The standard InChI is InChI=1S/C11H18N4OS/c1-3-4-9-10(17-14-13-9)11(16)15-6-5-12-7-8(15)2/h8,12H,3-7H2,1-2H3/t8-/m1/s1. The Hall–Kier alpha value is -1.01. The third-order valence-corrected chi connectivity index (χ3v) is 3.76. The molecule has 17 heavy (non-hydrogen) atoms. The number of carbonyl (C=O) groups excluding carboxylic acids is 1. The molecule has 0 spiro atoms. The van der Waals surface area contributed by atoms with Crippen LogP contribution in [-0.2, 0) is 6.42 Å². The zero-order valence-corrected chi connectivity index (χ0v) is 11.1. The lowest BCUT2D eigenvalue weighted by atomic mass is 10.1. The highest BCUT2D eigenvalue weighted by Gasteiger charge is 2.27. The van der Waals surface area contributed by atoms with E-state index in [-0.39, 0.29) is 11.9 Å². The van der Waals surface area contributed by atoms with Gasteiger partial charge < -0.3 is 10.2 Å². The van der Waals surface area contributed by atoms with Gasteiger partial charge in [0.1, 0.15) is 4.88 Å². The largest absolute Gasteiger partial charge is 0.333 e. The molecule has 1 aromatic rings. The molecule has 2 rings (SSSR count). The summed E-state index contributed by atoms with van der Waals surface area (Å²) in [6.07, 6.45) is 1.82. The second kappa shape index (κ2) is 5.55. The van der Waals surface area contributed by atoms with Crippen LogP contribution in [0, 0.1) is 0 Å². The number of nitrogens with zero attached hydrogens (tertiary/aromatic N) is 3. The molecule has 0 radical (unpaired) electrons. The normalized spacial score (nSPS) is 20.6. The number of rotatable bonds is 3. The van der Waals surface area contributed by atoms with Crippen molar-refractivity contribution < 1.29 is 4.79 Å². The molecule has 1 fully saturated rings. The maximum atomic E-state index is 12.4. The fraction of sp³-hybridized carbons (Fsp3) is 0.727. The molecule has 0 saturated carbocycles. The molecule has 6 heteroatoms. The number of amides is 1. The first-order valence-corrected chi connectivity index (χ1v) is 6.84. The smallest absolute Gasteiger partial charge is 0.267 e. The van der Waals surface area contributed by atoms with Crippen LogP contribution < -0.4 is 5.32 Å². The first kappa shape index (κ1) is 12.4. The predicted molar refractivity (Wildman–Crippen MR) is 67.3 cm³/mol. The van der Waals surface area contributed by atoms with Gasteiger partial charge in [0.15, 0.2) is 0 Å². The van der Waals surface area contributed by atoms with Gasteiger partial charge in [0, 0.05) is 25.7 Å². The highest BCUT2D eigenvalue weighted by Crippen LogP contribution is 2.17. The van der Waals surface area contributed by atoms with E-state index >= 15 is 0 Å². The lowest BCUT2D eigenvalue weighted by Crippen LogP contribution is -2.52. The van der Waals surface area contributed by atoms with Crippen LogP contribution in [0.5, 0.6) is 0 Å². The van der Waals surface area contributed by atoms with E-state index in [4.69, 9.17) is 0 Å². The molecule has 0 unspecified atom stereocenters. The summed E-state index contributed by atoms with van der Waals surface area (Å²) in [5, 5.41) is 7.33. The minimum absolute atomic E-state index is 0.0949. The highest BCUT2D eigenvalue weighted by molar-refractivity contribution is 7.08. The van der Waals surface area contributed by atoms with Gasteiger partial charge in [-0.25, -0.2) is 0 Å². The summed E-state index contributed by atoms with van der Waals surface area (Å²) in [6, 6.07) is 0.243. The first-order chi connectivity index (χ1) is 8.24. The Kier molecular flexibility index (Phi) is 4.06. The van der Waals surface area contributed by atoms with E-state index in [9.17, 15) is 4.79 Å². The van der Waals surface area contributed by atoms with Crippen LogP contribution in [0.4, 0.5) is 0 Å². The van der Waals surface area contributed by atoms with Crippen molar-refractivity contribution in [3.8, 4) is 0 Å². The third-order valence-electron chi connectivity index (χ3n) is 3.00. The lowest BCUT2D eigenvalue weighted by Gasteiger charge is -2.33. The van der Waals surface area contributed by atoms with Gasteiger partial charge in [-0.15, -0.1) is 5.10 Å². The molecule has 1 atom stereocenters. The topological polar surface area (TPSA) is 58.1 Å². The molecule has 0 bridgehead atoms. The molecule has 1 aliphatic heterocycles. The van der Waals surface area contributed by atoms with Crippen LogP contribution >= 0.6 is 11.5 Å². The summed E-state index contributed by atoms with van der Waals surface area (Å²) in [4.78, 5) is 15.0. The van der Waals surface area contributed by atoms with Crippen molar-refractivity contribution in [2.45, 2.75) is 32.7 Å². The molecule has 1 N–H and O–H groups in total. The van der Waals surface area contributed by atoms with E-state index < -0.39 is 0 Å². The second-order valence-electron chi connectivity index (χ2n) is 4.35. The van der Waals surface area contributed by atoms with E-state index in [1.807, 2.05) is 4.90 Å². The van der Waals surface area contributed by atoms with Gasteiger partial charge in [0.25, 0.3) is 5.91 Å². The van der Waals surface area contributed by atoms with Gasteiger partial charge in [0.2, 0.25) is 0 Å². The Labute approximate surface area is 105 Å². The van der Waals surface area contributed by atoms with Crippen LogP contribution in [0.2, 0.25) is 0 Å². The molecule has 1 amide bonds. The summed E-state index contributed by atoms with van der Waals surface area (Å²) in [6.45, 7) is 6.65. The van der Waals surface area contributed by atoms with Gasteiger partial charge in [-0.05, 0) is 24.9 Å². The molecule has 1 aromatic heterocycles. The SMILES string of the molecule is CCCc1nnsc1C(=O)N1CCNC[C@H]1C. The van der Waals surface area contributed by atoms with Gasteiger partial charge in [-0.1, -0.05) is 17.8 Å². The highest BCUT2D eigenvalue weighted by atomic mass is 32.1. The Balaban J connectivity index is 2.15. The number of hydrogen-bond acceptors (Lipinski definition) is 5. The average molecular weight is 254 g/mol. The number of nitrogens with one attached hydrogen (secondary N) is 1. The minimum atomic E-state index is 0.0949. The zero-order valence-electron chi connectivity index (χ0n) is 10.3. The molecule has 0 aromatic carbocycles. The maximum Gasteiger partial charge on any atom is 0.267 e. The fourth-order valence-corrected chi connectivity index (χ4v) is 2.71. The number of piperazine rings is 1. The van der Waals surface area contributed by atoms with Crippen molar-refractivity contribution in [2.24, 2.45) is 0 Å². The van der Waals surface area contributed by atoms with Crippen molar-refractivity contribution in [3.05, 3.63) is 10.6 Å². The Morgan fingerprint density at radius 3 is 3.18 bits per heavy atom. The van der Waals surface area contributed by atoms with Gasteiger partial charge in [-0.2, -0.15) is 0 Å². The van der Waals surface area contributed by atoms with E-state index in [0.29, 0.717) is 0 Å². The molecular formula is C11H18N4OS. The minimum Gasteiger partial charge on any atom is -0.333 e. The molecule has 94 valence electrons. The Morgan fingerprint density at radius 1 is 1.65 bits per heavy atom. The van der Waals surface area contributed by atoms with E-state index in [1.165, 1.54) is 11.5 Å². The number of aromatic nitrogens is 2. The predicted octanol–water partition coefficient (Wildman–Crippen LogP) is 0.924. The molecule has 5 nitrogen and oxygen atoms in total. The zero-order chi connectivity index (χ0) is 12.3. The van der Waals surface area contributed by atoms with E-state index in [1.54, 1.807) is 0 Å². The van der Waals surface area contributed by atoms with Crippen molar-refractivity contribution in [1.82, 2.24) is 19.8 Å². The third kappa shape index (κ3) is 2.63. The quantitative estimate of drug-likeness (QED) is 0.871. The van der Waals surface area contributed by atoms with Gasteiger partial charge >= 0.3 is 0 Å². The summed E-state index contributed by atoms with van der Waals surface area (Å²) < 4.78 is 3.91. The van der Waals surface area contributed by atoms with Crippen molar-refractivity contribution in [2.75, 3.05) is 19.6 Å². The van der Waals surface area contributed by atoms with Crippen LogP contribution in [0.3, 0.4) is 0 Å². The van der Waals surface area contributed by atoms with Crippen LogP contribution in [0.15, 0.2) is 0 Å². The molecule has 2 heterocycles. The van der Waals surface area contributed by atoms with Crippen LogP contribution in [0.1, 0.15) is 35.6 Å². The number of carbonyl (C=O) groups is 1. The summed E-state index contributed by atoms with van der Waals surface area (Å²) >= 11 is 1.22. The molecule has 0 aliphatic carbocycles. The van der Waals surface area contributed by atoms with Gasteiger partial charge in [0.05, 0.1) is 5.69 Å². The van der Waals surface area contributed by atoms with Crippen LogP contribution in [-0.4, -0.2) is 46.1 Å². The Bertz CT molecular complexity index is 393.